The summed E-state index contributed by atoms with van der Waals surface area (Å²) in [5, 5.41) is 9.01. The molecule has 2 heterocycles. The molecule has 34 heavy (non-hydrogen) atoms. The highest BCUT2D eigenvalue weighted by atomic mass is 32.2. The maximum absolute atomic E-state index is 13.1. The Labute approximate surface area is 196 Å². The molecule has 0 bridgehead atoms. The van der Waals surface area contributed by atoms with Crippen LogP contribution in [0.4, 0.5) is 13.2 Å². The third-order valence-corrected chi connectivity index (χ3v) is 6.09. The number of alkyl halides is 3. The number of hydrogen-bond donors (Lipinski definition) is 2. The molecule has 0 saturated carbocycles. The van der Waals surface area contributed by atoms with Crippen LogP contribution in [-0.4, -0.2) is 24.7 Å². The summed E-state index contributed by atoms with van der Waals surface area (Å²) in [4.78, 5) is 28.1. The summed E-state index contributed by atoms with van der Waals surface area (Å²) in [5.74, 6) is 0.718. The molecule has 0 fully saturated rings. The Hall–Kier alpha value is -3.60. The summed E-state index contributed by atoms with van der Waals surface area (Å²) < 4.78 is 41.1. The van der Waals surface area contributed by atoms with E-state index in [4.69, 9.17) is 0 Å². The van der Waals surface area contributed by atoms with Gasteiger partial charge in [0.2, 0.25) is 0 Å². The zero-order valence-corrected chi connectivity index (χ0v) is 19.0. The molecule has 176 valence electrons. The van der Waals surface area contributed by atoms with Gasteiger partial charge in [0.1, 0.15) is 5.82 Å². The van der Waals surface area contributed by atoms with E-state index in [9.17, 15) is 22.8 Å². The molecule has 0 amide bonds. The van der Waals surface area contributed by atoms with Gasteiger partial charge in [-0.3, -0.25) is 14.3 Å². The van der Waals surface area contributed by atoms with Crippen molar-refractivity contribution in [2.45, 2.75) is 37.4 Å². The summed E-state index contributed by atoms with van der Waals surface area (Å²) in [5.41, 5.74) is 1.73. The SMILES string of the molecule is Cc1ccc(C)c(-n2c(Cc3cc(=O)[nH]c(=O)[nH]3)nnc2SCc2cccc(C(F)(F)F)c2)c1. The lowest BCUT2D eigenvalue weighted by Crippen LogP contribution is -2.23. The number of aryl methyl sites for hydroxylation is 2. The Kier molecular flexibility index (Phi) is 6.47. The first kappa shape index (κ1) is 23.6. The molecule has 0 atom stereocenters. The number of rotatable bonds is 6. The first-order valence-corrected chi connectivity index (χ1v) is 11.2. The van der Waals surface area contributed by atoms with Crippen LogP contribution in [0, 0.1) is 13.8 Å². The molecule has 2 N–H and O–H groups in total. The molecule has 7 nitrogen and oxygen atoms in total. The average molecular weight is 488 g/mol. The van der Waals surface area contributed by atoms with Crippen LogP contribution in [0.15, 0.2) is 63.3 Å². The summed E-state index contributed by atoms with van der Waals surface area (Å²) in [6.07, 6.45) is -4.29. The summed E-state index contributed by atoms with van der Waals surface area (Å²) in [7, 11) is 0. The molecule has 0 saturated heterocycles. The Morgan fingerprint density at radius 3 is 2.53 bits per heavy atom. The van der Waals surface area contributed by atoms with Crippen LogP contribution in [-0.2, 0) is 18.3 Å². The Morgan fingerprint density at radius 1 is 1.00 bits per heavy atom. The van der Waals surface area contributed by atoms with Crippen molar-refractivity contribution in [3.63, 3.8) is 0 Å². The summed E-state index contributed by atoms with van der Waals surface area (Å²) >= 11 is 1.25. The normalized spacial score (nSPS) is 11.7. The van der Waals surface area contributed by atoms with Crippen molar-refractivity contribution in [3.8, 4) is 5.69 Å². The lowest BCUT2D eigenvalue weighted by Gasteiger charge is -2.14. The van der Waals surface area contributed by atoms with Crippen molar-refractivity contribution in [2.75, 3.05) is 0 Å². The fourth-order valence-corrected chi connectivity index (χ4v) is 4.39. The summed E-state index contributed by atoms with van der Waals surface area (Å²) in [6, 6.07) is 12.3. The third-order valence-electron chi connectivity index (χ3n) is 5.09. The van der Waals surface area contributed by atoms with Crippen LogP contribution in [0.5, 0.6) is 0 Å². The minimum absolute atomic E-state index is 0.129. The van der Waals surface area contributed by atoms with Crippen LogP contribution in [0.1, 0.15) is 33.8 Å². The van der Waals surface area contributed by atoms with Gasteiger partial charge < -0.3 is 4.98 Å². The number of halogens is 3. The Bertz CT molecular complexity index is 1430. The monoisotopic (exact) mass is 487 g/mol. The lowest BCUT2D eigenvalue weighted by atomic mass is 10.1. The number of aromatic amines is 2. The maximum atomic E-state index is 13.1. The second kappa shape index (κ2) is 9.34. The summed E-state index contributed by atoms with van der Waals surface area (Å²) in [6.45, 7) is 3.87. The van der Waals surface area contributed by atoms with Gasteiger partial charge in [0, 0.05) is 23.9 Å². The van der Waals surface area contributed by atoms with Crippen molar-refractivity contribution in [1.82, 2.24) is 24.7 Å². The van der Waals surface area contributed by atoms with Crippen molar-refractivity contribution >= 4 is 11.8 Å². The molecule has 0 aliphatic rings. The number of H-pyrrole nitrogens is 2. The molecule has 0 aliphatic carbocycles. The number of aromatic nitrogens is 5. The van der Waals surface area contributed by atoms with Gasteiger partial charge in [-0.05, 0) is 42.7 Å². The number of thioether (sulfide) groups is 1. The smallest absolute Gasteiger partial charge is 0.311 e. The largest absolute Gasteiger partial charge is 0.416 e. The highest BCUT2D eigenvalue weighted by Crippen LogP contribution is 2.32. The Morgan fingerprint density at radius 2 is 1.79 bits per heavy atom. The molecule has 4 rings (SSSR count). The van der Waals surface area contributed by atoms with Gasteiger partial charge in [-0.15, -0.1) is 10.2 Å². The topological polar surface area (TPSA) is 96.4 Å². The molecule has 0 aliphatic heterocycles. The zero-order valence-electron chi connectivity index (χ0n) is 18.2. The van der Waals surface area contributed by atoms with E-state index in [1.165, 1.54) is 23.9 Å². The maximum Gasteiger partial charge on any atom is 0.416 e. The van der Waals surface area contributed by atoms with Gasteiger partial charge in [-0.1, -0.05) is 42.1 Å². The van der Waals surface area contributed by atoms with E-state index < -0.39 is 23.0 Å². The van der Waals surface area contributed by atoms with Crippen LogP contribution in [0.25, 0.3) is 5.69 Å². The van der Waals surface area contributed by atoms with Gasteiger partial charge in [-0.2, -0.15) is 13.2 Å². The van der Waals surface area contributed by atoms with Gasteiger partial charge in [0.25, 0.3) is 5.56 Å². The van der Waals surface area contributed by atoms with Gasteiger partial charge in [0.05, 0.1) is 11.3 Å². The molecule has 4 aromatic rings. The first-order chi connectivity index (χ1) is 16.1. The van der Waals surface area contributed by atoms with Gasteiger partial charge in [0.15, 0.2) is 5.16 Å². The van der Waals surface area contributed by atoms with Crippen LogP contribution in [0.3, 0.4) is 0 Å². The molecule has 0 spiro atoms. The predicted octanol–water partition coefficient (Wildman–Crippen LogP) is 4.16. The average Bonchev–Trinajstić information content (AvgIpc) is 3.15. The second-order valence-electron chi connectivity index (χ2n) is 7.80. The van der Waals surface area contributed by atoms with Crippen molar-refractivity contribution in [2.24, 2.45) is 0 Å². The van der Waals surface area contributed by atoms with E-state index in [2.05, 4.69) is 20.2 Å². The number of nitrogens with zero attached hydrogens (tertiary/aromatic N) is 3. The highest BCUT2D eigenvalue weighted by molar-refractivity contribution is 7.98. The van der Waals surface area contributed by atoms with E-state index >= 15 is 0 Å². The highest BCUT2D eigenvalue weighted by Gasteiger charge is 2.30. The second-order valence-corrected chi connectivity index (χ2v) is 8.74. The fraction of sp³-hybridized carbons (Fsp3) is 0.217. The minimum atomic E-state index is -4.42. The standard InChI is InChI=1S/C23H20F3N5O2S/c1-13-6-7-14(2)18(8-13)31-19(10-17-11-20(32)28-21(33)27-17)29-30-22(31)34-12-15-4-3-5-16(9-15)23(24,25)26/h3-9,11H,10,12H2,1-2H3,(H2,27,28,32,33). The third kappa shape index (κ3) is 5.30. The van der Waals surface area contributed by atoms with Crippen LogP contribution < -0.4 is 11.2 Å². The van der Waals surface area contributed by atoms with Gasteiger partial charge >= 0.3 is 11.9 Å². The first-order valence-electron chi connectivity index (χ1n) is 10.2. The minimum Gasteiger partial charge on any atom is -0.311 e. The zero-order chi connectivity index (χ0) is 24.5. The molecule has 0 radical (unpaired) electrons. The van der Waals surface area contributed by atoms with E-state index in [-0.39, 0.29) is 12.2 Å². The molecule has 2 aromatic carbocycles. The molecular formula is C23H20F3N5O2S. The van der Waals surface area contributed by atoms with E-state index in [1.54, 1.807) is 10.6 Å². The van der Waals surface area contributed by atoms with Gasteiger partial charge in [-0.25, -0.2) is 4.79 Å². The quantitative estimate of drug-likeness (QED) is 0.398. The predicted molar refractivity (Wildman–Crippen MR) is 122 cm³/mol. The van der Waals surface area contributed by atoms with Crippen molar-refractivity contribution in [3.05, 3.63) is 103 Å². The molecule has 2 aromatic heterocycles. The number of hydrogen-bond acceptors (Lipinski definition) is 5. The fourth-order valence-electron chi connectivity index (χ4n) is 3.48. The van der Waals surface area contributed by atoms with Crippen molar-refractivity contribution in [1.29, 1.82) is 0 Å². The van der Waals surface area contributed by atoms with Crippen molar-refractivity contribution < 1.29 is 13.2 Å². The number of benzene rings is 2. The van der Waals surface area contributed by atoms with Crippen LogP contribution >= 0.6 is 11.8 Å². The molecular weight excluding hydrogens is 467 g/mol. The van der Waals surface area contributed by atoms with E-state index in [0.717, 1.165) is 28.9 Å². The van der Waals surface area contributed by atoms with Crippen LogP contribution in [0.2, 0.25) is 0 Å². The molecule has 11 heteroatoms. The van der Waals surface area contributed by atoms with E-state index in [0.29, 0.717) is 22.2 Å². The number of nitrogens with one attached hydrogen (secondary N) is 2. The van der Waals surface area contributed by atoms with E-state index in [1.807, 2.05) is 32.0 Å². The Balaban J connectivity index is 1.72. The lowest BCUT2D eigenvalue weighted by molar-refractivity contribution is -0.137. The molecule has 0 unspecified atom stereocenters.